The third-order valence-corrected chi connectivity index (χ3v) is 7.58. The van der Waals surface area contributed by atoms with Gasteiger partial charge in [-0.1, -0.05) is 41.9 Å². The van der Waals surface area contributed by atoms with Gasteiger partial charge in [0.2, 0.25) is 0 Å². The van der Waals surface area contributed by atoms with E-state index in [0.29, 0.717) is 22.3 Å². The summed E-state index contributed by atoms with van der Waals surface area (Å²) in [4.78, 5) is 26.8. The van der Waals surface area contributed by atoms with Gasteiger partial charge in [-0.05, 0) is 111 Å². The Kier molecular flexibility index (Phi) is 8.78. The van der Waals surface area contributed by atoms with E-state index < -0.39 is 0 Å². The molecule has 2 amide bonds. The van der Waals surface area contributed by atoms with Crippen LogP contribution >= 0.6 is 68.5 Å². The molecule has 0 saturated carbocycles. The van der Waals surface area contributed by atoms with Crippen LogP contribution in [0, 0.1) is 7.14 Å². The van der Waals surface area contributed by atoms with Gasteiger partial charge in [-0.2, -0.15) is 0 Å². The fourth-order valence-corrected chi connectivity index (χ4v) is 6.27. The van der Waals surface area contributed by atoms with E-state index >= 15 is 0 Å². The summed E-state index contributed by atoms with van der Waals surface area (Å²) in [6, 6.07) is 20.7. The molecule has 0 bridgehead atoms. The maximum Gasteiger partial charge on any atom is 0.293 e. The number of rotatable bonds is 8. The Labute approximate surface area is 234 Å². The summed E-state index contributed by atoms with van der Waals surface area (Å²) in [6.07, 6.45) is 1.75. The molecule has 0 radical (unpaired) electrons. The Morgan fingerprint density at radius 3 is 2.29 bits per heavy atom. The molecule has 0 aromatic heterocycles. The molecule has 1 heterocycles. The van der Waals surface area contributed by atoms with Gasteiger partial charge in [0.1, 0.15) is 24.7 Å². The number of benzene rings is 3. The fourth-order valence-electron chi connectivity index (χ4n) is 3.15. The van der Waals surface area contributed by atoms with Gasteiger partial charge in [-0.25, -0.2) is 0 Å². The molecule has 1 aliphatic heterocycles. The van der Waals surface area contributed by atoms with Crippen LogP contribution in [0.15, 0.2) is 71.6 Å². The molecular formula is C25H18ClI2NO4S. The molecule has 1 saturated heterocycles. The van der Waals surface area contributed by atoms with E-state index in [-0.39, 0.29) is 24.3 Å². The van der Waals surface area contributed by atoms with Crippen LogP contribution in [0.1, 0.15) is 11.1 Å². The first-order chi connectivity index (χ1) is 16.4. The average molecular weight is 718 g/mol. The molecule has 1 fully saturated rings. The molecule has 1 aliphatic rings. The molecule has 174 valence electrons. The predicted molar refractivity (Wildman–Crippen MR) is 152 cm³/mol. The number of thioether (sulfide) groups is 1. The quantitative estimate of drug-likeness (QED) is 0.182. The van der Waals surface area contributed by atoms with Crippen molar-refractivity contribution >= 4 is 85.8 Å². The molecule has 0 unspecified atom stereocenters. The van der Waals surface area contributed by atoms with Crippen molar-refractivity contribution in [2.45, 2.75) is 6.61 Å². The largest absolute Gasteiger partial charge is 0.492 e. The second-order valence-corrected chi connectivity index (χ2v) is 11.0. The van der Waals surface area contributed by atoms with Crippen LogP contribution in [-0.4, -0.2) is 29.2 Å². The lowest BCUT2D eigenvalue weighted by molar-refractivity contribution is -0.123. The first-order valence-corrected chi connectivity index (χ1v) is 13.6. The predicted octanol–water partition coefficient (Wildman–Crippen LogP) is 7.24. The first-order valence-electron chi connectivity index (χ1n) is 10.2. The fraction of sp³-hybridized carbons (Fsp3) is 0.120. The van der Waals surface area contributed by atoms with E-state index in [2.05, 4.69) is 45.2 Å². The zero-order valence-electron chi connectivity index (χ0n) is 17.7. The highest BCUT2D eigenvalue weighted by atomic mass is 127. The van der Waals surface area contributed by atoms with Crippen molar-refractivity contribution < 1.29 is 19.1 Å². The summed E-state index contributed by atoms with van der Waals surface area (Å²) in [5, 5.41) is 0.394. The Morgan fingerprint density at radius 1 is 0.941 bits per heavy atom. The van der Waals surface area contributed by atoms with Crippen LogP contribution in [-0.2, 0) is 11.4 Å². The first kappa shape index (κ1) is 25.3. The average Bonchev–Trinajstić information content (AvgIpc) is 3.07. The van der Waals surface area contributed by atoms with Gasteiger partial charge in [0.15, 0.2) is 0 Å². The van der Waals surface area contributed by atoms with Gasteiger partial charge in [0.05, 0.1) is 18.6 Å². The maximum atomic E-state index is 12.8. The number of ether oxygens (including phenoxy) is 2. The van der Waals surface area contributed by atoms with E-state index in [1.807, 2.05) is 66.7 Å². The molecule has 0 spiro atoms. The van der Waals surface area contributed by atoms with Gasteiger partial charge in [-0.3, -0.25) is 14.5 Å². The molecule has 0 N–H and O–H groups in total. The number of carbonyl (C=O) groups excluding carboxylic acids is 2. The van der Waals surface area contributed by atoms with E-state index in [1.165, 1.54) is 4.90 Å². The topological polar surface area (TPSA) is 55.8 Å². The van der Waals surface area contributed by atoms with Crippen LogP contribution in [0.25, 0.3) is 6.08 Å². The number of imide groups is 1. The van der Waals surface area contributed by atoms with Crippen LogP contribution < -0.4 is 9.47 Å². The van der Waals surface area contributed by atoms with Gasteiger partial charge >= 0.3 is 0 Å². The van der Waals surface area contributed by atoms with Gasteiger partial charge < -0.3 is 9.47 Å². The van der Waals surface area contributed by atoms with Gasteiger partial charge in [0, 0.05) is 5.02 Å². The number of halogens is 3. The molecule has 4 rings (SSSR count). The smallest absolute Gasteiger partial charge is 0.293 e. The lowest BCUT2D eigenvalue weighted by Crippen LogP contribution is -2.32. The summed E-state index contributed by atoms with van der Waals surface area (Å²) in [5.41, 5.74) is 1.85. The summed E-state index contributed by atoms with van der Waals surface area (Å²) in [6.45, 7) is 0.862. The highest BCUT2D eigenvalue weighted by molar-refractivity contribution is 14.1. The minimum Gasteiger partial charge on any atom is -0.492 e. The van der Waals surface area contributed by atoms with Crippen molar-refractivity contribution in [1.82, 2.24) is 4.90 Å². The Balaban J connectivity index is 1.41. The normalized spacial score (nSPS) is 14.7. The zero-order chi connectivity index (χ0) is 24.1. The van der Waals surface area contributed by atoms with Crippen molar-refractivity contribution in [1.29, 1.82) is 0 Å². The number of para-hydroxylation sites is 1. The van der Waals surface area contributed by atoms with Crippen molar-refractivity contribution in [3.8, 4) is 11.5 Å². The molecular weight excluding hydrogens is 700 g/mol. The number of amides is 2. The Morgan fingerprint density at radius 2 is 1.62 bits per heavy atom. The van der Waals surface area contributed by atoms with Crippen molar-refractivity contribution in [2.24, 2.45) is 0 Å². The molecule has 0 aliphatic carbocycles. The highest BCUT2D eigenvalue weighted by Crippen LogP contribution is 2.35. The SMILES string of the molecule is O=C1S/C(=C\c2cc(I)c(OCc3ccc(Cl)cc3)c(I)c2)C(=O)N1CCOc1ccccc1. The van der Waals surface area contributed by atoms with Crippen LogP contribution in [0.4, 0.5) is 4.79 Å². The number of carbonyl (C=O) groups is 2. The van der Waals surface area contributed by atoms with E-state index in [0.717, 1.165) is 35.8 Å². The number of nitrogens with zero attached hydrogens (tertiary/aromatic N) is 1. The van der Waals surface area contributed by atoms with Crippen LogP contribution in [0.5, 0.6) is 11.5 Å². The van der Waals surface area contributed by atoms with E-state index in [9.17, 15) is 9.59 Å². The maximum absolute atomic E-state index is 12.8. The summed E-state index contributed by atoms with van der Waals surface area (Å²) >= 11 is 11.3. The standard InChI is InChI=1S/C25H18ClI2NO4S/c26-18-8-6-16(7-9-18)15-33-23-20(27)12-17(13-21(23)28)14-22-24(30)29(25(31)34-22)10-11-32-19-4-2-1-3-5-19/h1-9,12-14H,10-11,15H2/b22-14-. The monoisotopic (exact) mass is 717 g/mol. The lowest BCUT2D eigenvalue weighted by Gasteiger charge is -2.13. The molecule has 0 atom stereocenters. The number of hydrogen-bond acceptors (Lipinski definition) is 5. The minimum absolute atomic E-state index is 0.198. The highest BCUT2D eigenvalue weighted by Gasteiger charge is 2.34. The Bertz CT molecular complexity index is 1210. The van der Waals surface area contributed by atoms with E-state index in [4.69, 9.17) is 21.1 Å². The third-order valence-electron chi connectivity index (χ3n) is 4.82. The van der Waals surface area contributed by atoms with Crippen molar-refractivity contribution in [2.75, 3.05) is 13.2 Å². The van der Waals surface area contributed by atoms with Gasteiger partial charge in [0.25, 0.3) is 11.1 Å². The van der Waals surface area contributed by atoms with Crippen molar-refractivity contribution in [3.05, 3.63) is 94.9 Å². The van der Waals surface area contributed by atoms with Crippen LogP contribution in [0.3, 0.4) is 0 Å². The summed E-state index contributed by atoms with van der Waals surface area (Å²) in [5.74, 6) is 1.17. The molecule has 3 aromatic carbocycles. The van der Waals surface area contributed by atoms with E-state index in [1.54, 1.807) is 6.08 Å². The molecule has 3 aromatic rings. The van der Waals surface area contributed by atoms with Gasteiger partial charge in [-0.15, -0.1) is 0 Å². The second kappa shape index (κ2) is 11.8. The Hall–Kier alpha value is -1.76. The van der Waals surface area contributed by atoms with Crippen LogP contribution in [0.2, 0.25) is 5.02 Å². The molecule has 9 heteroatoms. The third kappa shape index (κ3) is 6.46. The minimum atomic E-state index is -0.306. The zero-order valence-corrected chi connectivity index (χ0v) is 23.6. The lowest BCUT2D eigenvalue weighted by atomic mass is 10.2. The second-order valence-electron chi connectivity index (χ2n) is 7.22. The number of hydrogen-bond donors (Lipinski definition) is 0. The molecule has 34 heavy (non-hydrogen) atoms. The molecule has 5 nitrogen and oxygen atoms in total. The summed E-state index contributed by atoms with van der Waals surface area (Å²) < 4.78 is 13.5. The summed E-state index contributed by atoms with van der Waals surface area (Å²) in [7, 11) is 0. The van der Waals surface area contributed by atoms with Crippen molar-refractivity contribution in [3.63, 3.8) is 0 Å².